The third kappa shape index (κ3) is 3.29. The van der Waals surface area contributed by atoms with Gasteiger partial charge in [0.2, 0.25) is 0 Å². The average Bonchev–Trinajstić information content (AvgIpc) is 3.44. The lowest BCUT2D eigenvalue weighted by atomic mass is 9.95. The van der Waals surface area contributed by atoms with Crippen LogP contribution in [0.5, 0.6) is 6.01 Å². The van der Waals surface area contributed by atoms with Crippen molar-refractivity contribution < 1.29 is 9.13 Å². The number of benzene rings is 1. The molecule has 1 saturated carbocycles. The first-order valence-electron chi connectivity index (χ1n) is 11.8. The predicted molar refractivity (Wildman–Crippen MR) is 121 cm³/mol. The van der Waals surface area contributed by atoms with Gasteiger partial charge in [-0.15, -0.1) is 0 Å². The molecule has 3 aliphatic heterocycles. The van der Waals surface area contributed by atoms with Crippen LogP contribution in [0.15, 0.2) is 6.07 Å². The molecule has 0 amide bonds. The van der Waals surface area contributed by atoms with Crippen LogP contribution in [0.2, 0.25) is 5.02 Å². The first-order chi connectivity index (χ1) is 15.0. The highest BCUT2D eigenvalue weighted by Crippen LogP contribution is 2.42. The van der Waals surface area contributed by atoms with Gasteiger partial charge in [0.05, 0.1) is 5.54 Å². The molecule has 31 heavy (non-hydrogen) atoms. The SMILES string of the molecule is Cc1c(Cl)cc2c(N3CC4CCC(C4)C3)nc(OCC34CCCN3CCC4)nc2c1F. The molecule has 0 N–H and O–H groups in total. The quantitative estimate of drug-likeness (QED) is 0.665. The van der Waals surface area contributed by atoms with Gasteiger partial charge in [-0.05, 0) is 82.9 Å². The normalized spacial score (nSPS) is 27.3. The van der Waals surface area contributed by atoms with Crippen LogP contribution in [0.25, 0.3) is 10.9 Å². The van der Waals surface area contributed by atoms with Crippen molar-refractivity contribution in [2.75, 3.05) is 37.7 Å². The fourth-order valence-electron chi connectivity index (χ4n) is 6.60. The lowest BCUT2D eigenvalue weighted by molar-refractivity contribution is 0.108. The van der Waals surface area contributed by atoms with Crippen LogP contribution in [0.1, 0.15) is 50.5 Å². The summed E-state index contributed by atoms with van der Waals surface area (Å²) >= 11 is 6.37. The molecule has 0 spiro atoms. The molecule has 3 saturated heterocycles. The molecule has 2 aromatic rings. The maximum absolute atomic E-state index is 15.2. The van der Waals surface area contributed by atoms with E-state index in [9.17, 15) is 0 Å². The molecule has 1 aromatic heterocycles. The molecule has 7 heteroatoms. The second-order valence-corrected chi connectivity index (χ2v) is 10.6. The molecule has 2 bridgehead atoms. The monoisotopic (exact) mass is 444 g/mol. The summed E-state index contributed by atoms with van der Waals surface area (Å²) in [5.74, 6) is 1.81. The molecule has 2 atom stereocenters. The van der Waals surface area contributed by atoms with E-state index in [0.29, 0.717) is 45.9 Å². The molecular formula is C24H30ClFN4O. The number of anilines is 1. The number of hydrogen-bond donors (Lipinski definition) is 0. The molecular weight excluding hydrogens is 415 g/mol. The zero-order chi connectivity index (χ0) is 21.2. The van der Waals surface area contributed by atoms with Gasteiger partial charge < -0.3 is 9.64 Å². The van der Waals surface area contributed by atoms with Gasteiger partial charge in [-0.25, -0.2) is 4.39 Å². The minimum atomic E-state index is -0.363. The lowest BCUT2D eigenvalue weighted by Crippen LogP contribution is -2.43. The van der Waals surface area contributed by atoms with Crippen molar-refractivity contribution in [2.24, 2.45) is 11.8 Å². The zero-order valence-electron chi connectivity index (χ0n) is 18.2. The maximum Gasteiger partial charge on any atom is 0.319 e. The molecule has 4 heterocycles. The molecule has 4 fully saturated rings. The number of hydrogen-bond acceptors (Lipinski definition) is 5. The third-order valence-corrected chi connectivity index (χ3v) is 8.65. The van der Waals surface area contributed by atoms with Crippen LogP contribution in [0.4, 0.5) is 10.2 Å². The van der Waals surface area contributed by atoms with Crippen LogP contribution < -0.4 is 9.64 Å². The van der Waals surface area contributed by atoms with Gasteiger partial charge >= 0.3 is 6.01 Å². The largest absolute Gasteiger partial charge is 0.461 e. The van der Waals surface area contributed by atoms with Gasteiger partial charge in [0.1, 0.15) is 17.9 Å². The highest BCUT2D eigenvalue weighted by atomic mass is 35.5. The van der Waals surface area contributed by atoms with Gasteiger partial charge in [0.15, 0.2) is 5.82 Å². The molecule has 0 radical (unpaired) electrons. The standard InChI is InChI=1S/C24H30ClFN4O/c1-15-19(25)11-18-21(20(15)26)27-23(31-14-24-6-2-8-30(24)9-3-7-24)28-22(18)29-12-16-4-5-17(10-16)13-29/h11,16-17H,2-10,12-14H2,1H3. The van der Waals surface area contributed by atoms with E-state index in [-0.39, 0.29) is 11.4 Å². The third-order valence-electron chi connectivity index (χ3n) is 8.26. The number of halogens is 2. The Balaban J connectivity index is 1.39. The second kappa shape index (κ2) is 7.45. The van der Waals surface area contributed by atoms with Crippen LogP contribution in [0, 0.1) is 24.6 Å². The van der Waals surface area contributed by atoms with Crippen LogP contribution in [-0.4, -0.2) is 53.2 Å². The van der Waals surface area contributed by atoms with Crippen LogP contribution in [-0.2, 0) is 0 Å². The zero-order valence-corrected chi connectivity index (χ0v) is 18.9. The van der Waals surface area contributed by atoms with E-state index in [1.807, 2.05) is 6.07 Å². The summed E-state index contributed by atoms with van der Waals surface area (Å²) in [5.41, 5.74) is 0.865. The fraction of sp³-hybridized carbons (Fsp3) is 0.667. The number of piperidine rings is 1. The van der Waals surface area contributed by atoms with E-state index in [0.717, 1.165) is 44.8 Å². The van der Waals surface area contributed by atoms with Crippen molar-refractivity contribution in [2.45, 2.75) is 57.4 Å². The van der Waals surface area contributed by atoms with Crippen molar-refractivity contribution in [1.29, 1.82) is 0 Å². The summed E-state index contributed by atoms with van der Waals surface area (Å²) in [6, 6.07) is 2.13. The highest BCUT2D eigenvalue weighted by molar-refractivity contribution is 6.32. The molecule has 166 valence electrons. The van der Waals surface area contributed by atoms with E-state index >= 15 is 4.39 Å². The average molecular weight is 445 g/mol. The lowest BCUT2D eigenvalue weighted by Gasteiger charge is -2.34. The minimum absolute atomic E-state index is 0.108. The summed E-state index contributed by atoms with van der Waals surface area (Å²) in [7, 11) is 0. The summed E-state index contributed by atoms with van der Waals surface area (Å²) < 4.78 is 21.5. The van der Waals surface area contributed by atoms with Gasteiger partial charge in [-0.3, -0.25) is 4.90 Å². The summed E-state index contributed by atoms with van der Waals surface area (Å²) in [4.78, 5) is 14.3. The van der Waals surface area contributed by atoms with E-state index in [2.05, 4.69) is 14.8 Å². The van der Waals surface area contributed by atoms with Gasteiger partial charge in [0, 0.05) is 29.1 Å². The Bertz CT molecular complexity index is 1010. The van der Waals surface area contributed by atoms with Crippen molar-refractivity contribution in [3.63, 3.8) is 0 Å². The molecule has 5 nitrogen and oxygen atoms in total. The number of fused-ring (bicyclic) bond motifs is 4. The molecule has 1 aliphatic carbocycles. The molecule has 1 aromatic carbocycles. The van der Waals surface area contributed by atoms with Gasteiger partial charge in [-0.1, -0.05) is 11.6 Å². The first-order valence-corrected chi connectivity index (χ1v) is 12.2. The Morgan fingerprint density at radius 2 is 1.87 bits per heavy atom. The summed E-state index contributed by atoms with van der Waals surface area (Å²) in [6.45, 7) is 6.51. The van der Waals surface area contributed by atoms with E-state index in [1.54, 1.807) is 6.92 Å². The Morgan fingerprint density at radius 1 is 1.16 bits per heavy atom. The van der Waals surface area contributed by atoms with Crippen LogP contribution >= 0.6 is 11.6 Å². The van der Waals surface area contributed by atoms with Crippen molar-refractivity contribution in [1.82, 2.24) is 14.9 Å². The topological polar surface area (TPSA) is 41.5 Å². The molecule has 6 rings (SSSR count). The van der Waals surface area contributed by atoms with Crippen LogP contribution in [0.3, 0.4) is 0 Å². The van der Waals surface area contributed by atoms with Crippen molar-refractivity contribution in [3.05, 3.63) is 22.5 Å². The Kier molecular flexibility index (Phi) is 4.80. The molecule has 4 aliphatic rings. The van der Waals surface area contributed by atoms with Gasteiger partial charge in [0.25, 0.3) is 0 Å². The fourth-order valence-corrected chi connectivity index (χ4v) is 6.79. The number of rotatable bonds is 4. The smallest absolute Gasteiger partial charge is 0.319 e. The van der Waals surface area contributed by atoms with E-state index in [1.165, 1.54) is 32.1 Å². The van der Waals surface area contributed by atoms with Gasteiger partial charge in [-0.2, -0.15) is 9.97 Å². The van der Waals surface area contributed by atoms with Crippen molar-refractivity contribution >= 4 is 28.3 Å². The van der Waals surface area contributed by atoms with E-state index in [4.69, 9.17) is 21.3 Å². The number of ether oxygens (including phenoxy) is 1. The number of nitrogens with zero attached hydrogens (tertiary/aromatic N) is 4. The summed E-state index contributed by atoms with van der Waals surface area (Å²) in [5, 5.41) is 1.12. The first kappa shape index (κ1) is 20.0. The maximum atomic E-state index is 15.2. The van der Waals surface area contributed by atoms with Crippen molar-refractivity contribution in [3.8, 4) is 6.01 Å². The predicted octanol–water partition coefficient (Wildman–Crippen LogP) is 4.97. The Hall–Kier alpha value is -1.66. The highest BCUT2D eigenvalue weighted by Gasteiger charge is 2.45. The number of aromatic nitrogens is 2. The van der Waals surface area contributed by atoms with E-state index < -0.39 is 0 Å². The second-order valence-electron chi connectivity index (χ2n) is 10.2. The Morgan fingerprint density at radius 3 is 2.58 bits per heavy atom. The summed E-state index contributed by atoms with van der Waals surface area (Å²) in [6.07, 6.45) is 8.61. The minimum Gasteiger partial charge on any atom is -0.461 e. The Labute approximate surface area is 187 Å². The molecule has 2 unspecified atom stereocenters.